The smallest absolute Gasteiger partial charge is 0.254 e. The number of aromatic nitrogens is 1. The van der Waals surface area contributed by atoms with Crippen LogP contribution in [0.4, 0.5) is 0 Å². The third-order valence-corrected chi connectivity index (χ3v) is 7.44. The van der Waals surface area contributed by atoms with E-state index >= 15 is 0 Å². The molecule has 0 bridgehead atoms. The number of fused-ring (bicyclic) bond motifs is 3. The van der Waals surface area contributed by atoms with Crippen LogP contribution in [0.3, 0.4) is 0 Å². The van der Waals surface area contributed by atoms with Gasteiger partial charge in [0.2, 0.25) is 5.91 Å². The summed E-state index contributed by atoms with van der Waals surface area (Å²) in [6, 6.07) is 8.92. The van der Waals surface area contributed by atoms with Crippen LogP contribution in [-0.4, -0.2) is 49.8 Å². The molecule has 35 heavy (non-hydrogen) atoms. The lowest BCUT2D eigenvalue weighted by Crippen LogP contribution is -2.46. The third kappa shape index (κ3) is 3.59. The molecule has 1 fully saturated rings. The molecule has 8 nitrogen and oxygen atoms in total. The number of ether oxygens (including phenoxy) is 4. The largest absolute Gasteiger partial charge is 0.493 e. The van der Waals surface area contributed by atoms with Crippen molar-refractivity contribution in [3.05, 3.63) is 57.4 Å². The Kier molecular flexibility index (Phi) is 5.31. The zero-order chi connectivity index (χ0) is 24.1. The molecule has 6 rings (SSSR count). The summed E-state index contributed by atoms with van der Waals surface area (Å²) in [6.45, 7) is 1.50. The minimum Gasteiger partial charge on any atom is -0.493 e. The van der Waals surface area contributed by atoms with Gasteiger partial charge in [-0.3, -0.25) is 9.59 Å². The summed E-state index contributed by atoms with van der Waals surface area (Å²) < 4.78 is 22.5. The van der Waals surface area contributed by atoms with Crippen LogP contribution < -0.4 is 24.5 Å². The lowest BCUT2D eigenvalue weighted by Gasteiger charge is -2.41. The molecular weight excluding hydrogens is 448 g/mol. The maximum Gasteiger partial charge on any atom is 0.254 e. The summed E-state index contributed by atoms with van der Waals surface area (Å²) in [7, 11) is 3.20. The summed E-state index contributed by atoms with van der Waals surface area (Å²) in [4.78, 5) is 31.9. The highest BCUT2D eigenvalue weighted by molar-refractivity contribution is 5.84. The van der Waals surface area contributed by atoms with Crippen LogP contribution in [0, 0.1) is 5.92 Å². The first-order chi connectivity index (χ1) is 17.1. The van der Waals surface area contributed by atoms with Crippen LogP contribution in [0.15, 0.2) is 35.1 Å². The van der Waals surface area contributed by atoms with E-state index in [1.807, 2.05) is 29.2 Å². The molecule has 1 aliphatic carbocycles. The van der Waals surface area contributed by atoms with Gasteiger partial charge in [-0.05, 0) is 54.7 Å². The van der Waals surface area contributed by atoms with Crippen molar-refractivity contribution in [2.75, 3.05) is 34.0 Å². The van der Waals surface area contributed by atoms with Crippen LogP contribution in [-0.2, 0) is 11.2 Å². The standard InChI is InChI=1S/C27H28N2O6/c1-32-21-11-16-6-7-29(27(31)15-4-3-5-15)25(18(16)13-22(21)33-2)19-10-17-12-23-24(35-9-8-34-23)14-20(17)28-26(19)30/h10-15,25H,3-9H2,1-2H3,(H,28,30)/t25-/m0/s1. The highest BCUT2D eigenvalue weighted by Crippen LogP contribution is 2.43. The van der Waals surface area contributed by atoms with Crippen molar-refractivity contribution in [1.29, 1.82) is 0 Å². The fourth-order valence-corrected chi connectivity index (χ4v) is 5.37. The number of pyridine rings is 1. The predicted molar refractivity (Wildman–Crippen MR) is 130 cm³/mol. The molecule has 1 aromatic heterocycles. The van der Waals surface area contributed by atoms with E-state index < -0.39 is 6.04 Å². The summed E-state index contributed by atoms with van der Waals surface area (Å²) in [5.74, 6) is 2.62. The molecule has 0 spiro atoms. The molecule has 1 saturated carbocycles. The fraction of sp³-hybridized carbons (Fsp3) is 0.407. The number of methoxy groups -OCH3 is 2. The SMILES string of the molecule is COc1cc2c(cc1OC)[C@@H](c1cc3cc4c(cc3[nH]c1=O)OCCO4)N(C(=O)C1CCC1)CC2. The third-order valence-electron chi connectivity index (χ3n) is 7.44. The van der Waals surface area contributed by atoms with Crippen molar-refractivity contribution in [2.24, 2.45) is 5.92 Å². The summed E-state index contributed by atoms with van der Waals surface area (Å²) in [5, 5.41) is 0.826. The van der Waals surface area contributed by atoms with E-state index in [0.717, 1.165) is 35.8 Å². The summed E-state index contributed by atoms with van der Waals surface area (Å²) in [5.41, 5.74) is 2.91. The molecule has 0 radical (unpaired) electrons. The van der Waals surface area contributed by atoms with E-state index in [1.54, 1.807) is 20.3 Å². The van der Waals surface area contributed by atoms with Gasteiger partial charge < -0.3 is 28.8 Å². The molecule has 2 aromatic carbocycles. The lowest BCUT2D eigenvalue weighted by atomic mass is 9.81. The maximum atomic E-state index is 13.5. The number of nitrogens with zero attached hydrogens (tertiary/aromatic N) is 1. The van der Waals surface area contributed by atoms with Gasteiger partial charge in [0.05, 0.1) is 25.8 Å². The molecule has 2 aliphatic heterocycles. The zero-order valence-corrected chi connectivity index (χ0v) is 19.9. The Labute approximate surface area is 202 Å². The van der Waals surface area contributed by atoms with E-state index in [4.69, 9.17) is 18.9 Å². The normalized spacial score (nSPS) is 19.1. The molecule has 3 aliphatic rings. The topological polar surface area (TPSA) is 90.1 Å². The zero-order valence-electron chi connectivity index (χ0n) is 19.9. The summed E-state index contributed by atoms with van der Waals surface area (Å²) >= 11 is 0. The molecule has 1 N–H and O–H groups in total. The molecule has 8 heteroatoms. The van der Waals surface area contributed by atoms with Crippen LogP contribution in [0.1, 0.15) is 42.0 Å². The summed E-state index contributed by atoms with van der Waals surface area (Å²) in [6.07, 6.45) is 3.56. The predicted octanol–water partition coefficient (Wildman–Crippen LogP) is 3.59. The number of hydrogen-bond acceptors (Lipinski definition) is 6. The highest BCUT2D eigenvalue weighted by atomic mass is 16.6. The first-order valence-electron chi connectivity index (χ1n) is 12.1. The van der Waals surface area contributed by atoms with Crippen LogP contribution in [0.2, 0.25) is 0 Å². The van der Waals surface area contributed by atoms with E-state index in [1.165, 1.54) is 0 Å². The Morgan fingerprint density at radius 2 is 1.69 bits per heavy atom. The Balaban J connectivity index is 1.53. The molecule has 1 atom stereocenters. The number of benzene rings is 2. The lowest BCUT2D eigenvalue weighted by molar-refractivity contribution is -0.140. The van der Waals surface area contributed by atoms with Gasteiger partial charge in [0.1, 0.15) is 13.2 Å². The van der Waals surface area contributed by atoms with Gasteiger partial charge in [0.15, 0.2) is 23.0 Å². The van der Waals surface area contributed by atoms with Crippen molar-refractivity contribution in [1.82, 2.24) is 9.88 Å². The molecule has 1 amide bonds. The molecule has 3 heterocycles. The monoisotopic (exact) mass is 476 g/mol. The number of rotatable bonds is 4. The second-order valence-electron chi connectivity index (χ2n) is 9.35. The first-order valence-corrected chi connectivity index (χ1v) is 12.1. The van der Waals surface area contributed by atoms with Gasteiger partial charge in [0.25, 0.3) is 5.56 Å². The van der Waals surface area contributed by atoms with E-state index in [0.29, 0.717) is 60.3 Å². The van der Waals surface area contributed by atoms with Gasteiger partial charge >= 0.3 is 0 Å². The van der Waals surface area contributed by atoms with Crippen molar-refractivity contribution in [3.8, 4) is 23.0 Å². The number of amides is 1. The molecular formula is C27H28N2O6. The Morgan fingerprint density at radius 1 is 0.971 bits per heavy atom. The first kappa shape index (κ1) is 21.8. The Hall–Kier alpha value is -3.68. The second-order valence-corrected chi connectivity index (χ2v) is 9.35. The van der Waals surface area contributed by atoms with Crippen molar-refractivity contribution < 1.29 is 23.7 Å². The van der Waals surface area contributed by atoms with Crippen molar-refractivity contribution in [2.45, 2.75) is 31.7 Å². The van der Waals surface area contributed by atoms with E-state index in [9.17, 15) is 9.59 Å². The maximum absolute atomic E-state index is 13.5. The number of aromatic amines is 1. The molecule has 182 valence electrons. The number of H-pyrrole nitrogens is 1. The van der Waals surface area contributed by atoms with Gasteiger partial charge in [-0.2, -0.15) is 0 Å². The van der Waals surface area contributed by atoms with Gasteiger partial charge in [-0.15, -0.1) is 0 Å². The average molecular weight is 477 g/mol. The van der Waals surface area contributed by atoms with Gasteiger partial charge in [-0.1, -0.05) is 6.42 Å². The quantitative estimate of drug-likeness (QED) is 0.619. The minimum absolute atomic E-state index is 0.0244. The van der Waals surface area contributed by atoms with E-state index in [-0.39, 0.29) is 17.4 Å². The molecule has 3 aromatic rings. The number of carbonyl (C=O) groups is 1. The fourth-order valence-electron chi connectivity index (χ4n) is 5.37. The average Bonchev–Trinajstić information content (AvgIpc) is 2.84. The molecule has 0 unspecified atom stereocenters. The number of carbonyl (C=O) groups excluding carboxylic acids is 1. The van der Waals surface area contributed by atoms with Crippen LogP contribution in [0.5, 0.6) is 23.0 Å². The van der Waals surface area contributed by atoms with Gasteiger partial charge in [0, 0.05) is 29.5 Å². The minimum atomic E-state index is -0.520. The second kappa shape index (κ2) is 8.52. The molecule has 0 saturated heterocycles. The van der Waals surface area contributed by atoms with Gasteiger partial charge in [-0.25, -0.2) is 0 Å². The van der Waals surface area contributed by atoms with Crippen molar-refractivity contribution >= 4 is 16.8 Å². The van der Waals surface area contributed by atoms with E-state index in [2.05, 4.69) is 4.98 Å². The number of nitrogens with one attached hydrogen (secondary N) is 1. The highest BCUT2D eigenvalue weighted by Gasteiger charge is 2.39. The van der Waals surface area contributed by atoms with Crippen LogP contribution in [0.25, 0.3) is 10.9 Å². The van der Waals surface area contributed by atoms with Crippen molar-refractivity contribution in [3.63, 3.8) is 0 Å². The number of hydrogen-bond donors (Lipinski definition) is 1. The van der Waals surface area contributed by atoms with Crippen LogP contribution >= 0.6 is 0 Å². The Bertz CT molecular complexity index is 1380. The Morgan fingerprint density at radius 3 is 2.37 bits per heavy atom.